The van der Waals surface area contributed by atoms with Gasteiger partial charge in [-0.3, -0.25) is 4.79 Å². The van der Waals surface area contributed by atoms with Crippen molar-refractivity contribution in [1.29, 1.82) is 0 Å². The van der Waals surface area contributed by atoms with Crippen LogP contribution in [0.25, 0.3) is 0 Å². The molecule has 1 unspecified atom stereocenters. The van der Waals surface area contributed by atoms with Crippen LogP contribution in [0.15, 0.2) is 0 Å². The molecule has 0 aliphatic heterocycles. The number of amides is 1. The van der Waals surface area contributed by atoms with Crippen LogP contribution in [0.2, 0.25) is 0 Å². The zero-order chi connectivity index (χ0) is 15.8. The Morgan fingerprint density at radius 3 is 2.05 bits per heavy atom. The Morgan fingerprint density at radius 1 is 0.905 bits per heavy atom. The summed E-state index contributed by atoms with van der Waals surface area (Å²) in [5.74, 6) is 0.170. The summed E-state index contributed by atoms with van der Waals surface area (Å²) in [5.41, 5.74) is 0. The van der Waals surface area contributed by atoms with Crippen LogP contribution in [0, 0.1) is 5.92 Å². The van der Waals surface area contributed by atoms with Gasteiger partial charge in [0, 0.05) is 19.1 Å². The van der Waals surface area contributed by atoms with E-state index in [-0.39, 0.29) is 11.8 Å². The maximum atomic E-state index is 11.5. The Morgan fingerprint density at radius 2 is 1.48 bits per heavy atom. The third kappa shape index (κ3) is 14.1. The third-order valence-corrected chi connectivity index (χ3v) is 3.24. The number of carbonyl (C=O) groups is 1. The van der Waals surface area contributed by atoms with E-state index < -0.39 is 0 Å². The van der Waals surface area contributed by atoms with Crippen LogP contribution in [0.5, 0.6) is 0 Å². The highest BCUT2D eigenvalue weighted by Crippen LogP contribution is 1.98. The third-order valence-electron chi connectivity index (χ3n) is 3.24. The molecule has 0 radical (unpaired) electrons. The van der Waals surface area contributed by atoms with Crippen molar-refractivity contribution in [3.05, 3.63) is 0 Å². The molecule has 0 aromatic rings. The Kier molecular flexibility index (Phi) is 15.2. The number of hydrogen-bond donors (Lipinski definition) is 1. The van der Waals surface area contributed by atoms with Crippen molar-refractivity contribution in [2.24, 2.45) is 5.92 Å². The van der Waals surface area contributed by atoms with Gasteiger partial charge in [-0.2, -0.15) is 0 Å². The smallest absolute Gasteiger partial charge is 0.222 e. The second-order valence-electron chi connectivity index (χ2n) is 5.14. The van der Waals surface area contributed by atoms with Crippen LogP contribution in [0.3, 0.4) is 0 Å². The Bertz CT molecular complexity index is 236. The fourth-order valence-corrected chi connectivity index (χ4v) is 1.60. The van der Waals surface area contributed by atoms with Gasteiger partial charge >= 0.3 is 0 Å². The van der Waals surface area contributed by atoms with Crippen LogP contribution in [-0.4, -0.2) is 52.1 Å². The summed E-state index contributed by atoms with van der Waals surface area (Å²) in [7, 11) is 0. The van der Waals surface area contributed by atoms with Crippen molar-refractivity contribution in [3.8, 4) is 0 Å². The summed E-state index contributed by atoms with van der Waals surface area (Å²) < 4.78 is 16.2. The van der Waals surface area contributed by atoms with Crippen molar-refractivity contribution in [3.63, 3.8) is 0 Å². The highest BCUT2D eigenvalue weighted by Gasteiger charge is 2.08. The summed E-state index contributed by atoms with van der Waals surface area (Å²) in [6, 6.07) is 0. The maximum Gasteiger partial charge on any atom is 0.222 e. The lowest BCUT2D eigenvalue weighted by Gasteiger charge is -2.10. The van der Waals surface area contributed by atoms with Crippen molar-refractivity contribution in [2.45, 2.75) is 46.5 Å². The molecule has 0 aromatic heterocycles. The monoisotopic (exact) mass is 303 g/mol. The van der Waals surface area contributed by atoms with Gasteiger partial charge in [-0.15, -0.1) is 0 Å². The summed E-state index contributed by atoms with van der Waals surface area (Å²) in [5, 5.41) is 2.84. The highest BCUT2D eigenvalue weighted by atomic mass is 16.5. The first-order chi connectivity index (χ1) is 10.2. The minimum atomic E-state index is 0.0747. The normalized spacial score (nSPS) is 12.3. The van der Waals surface area contributed by atoms with Gasteiger partial charge < -0.3 is 19.5 Å². The number of ether oxygens (including phenoxy) is 3. The van der Waals surface area contributed by atoms with E-state index >= 15 is 0 Å². The molecule has 21 heavy (non-hydrogen) atoms. The lowest BCUT2D eigenvalue weighted by molar-refractivity contribution is -0.124. The van der Waals surface area contributed by atoms with Crippen LogP contribution in [0.4, 0.5) is 0 Å². The fraction of sp³-hybridized carbons (Fsp3) is 0.938. The van der Waals surface area contributed by atoms with Gasteiger partial charge in [-0.05, 0) is 12.8 Å². The molecule has 0 aromatic carbocycles. The minimum absolute atomic E-state index is 0.0747. The van der Waals surface area contributed by atoms with Gasteiger partial charge in [0.05, 0.1) is 33.0 Å². The van der Waals surface area contributed by atoms with Crippen LogP contribution >= 0.6 is 0 Å². The molecule has 1 atom stereocenters. The number of hydrogen-bond acceptors (Lipinski definition) is 4. The van der Waals surface area contributed by atoms with Crippen molar-refractivity contribution >= 4 is 5.91 Å². The number of carbonyl (C=O) groups excluding carboxylic acids is 1. The summed E-state index contributed by atoms with van der Waals surface area (Å²) >= 11 is 0. The molecule has 0 saturated heterocycles. The van der Waals surface area contributed by atoms with Crippen LogP contribution in [0.1, 0.15) is 46.5 Å². The van der Waals surface area contributed by atoms with E-state index in [1.54, 1.807) is 0 Å². The second-order valence-corrected chi connectivity index (χ2v) is 5.14. The lowest BCUT2D eigenvalue weighted by Crippen LogP contribution is -2.31. The van der Waals surface area contributed by atoms with Crippen LogP contribution in [-0.2, 0) is 19.0 Å². The lowest BCUT2D eigenvalue weighted by atomic mass is 10.1. The molecular weight excluding hydrogens is 270 g/mol. The van der Waals surface area contributed by atoms with Gasteiger partial charge in [0.25, 0.3) is 0 Å². The molecule has 0 aliphatic rings. The van der Waals surface area contributed by atoms with Crippen molar-refractivity contribution in [2.75, 3.05) is 46.2 Å². The molecule has 1 N–H and O–H groups in total. The number of unbranched alkanes of at least 4 members (excludes halogenated alkanes) is 2. The standard InChI is InChI=1S/C16H33NO4/c1-4-6-7-9-19-11-13-21-14-12-20-10-8-17-16(18)15(3)5-2/h15H,4-14H2,1-3H3,(H,17,18). The van der Waals surface area contributed by atoms with E-state index in [1.165, 1.54) is 12.8 Å². The van der Waals surface area contributed by atoms with E-state index in [4.69, 9.17) is 14.2 Å². The molecule has 0 bridgehead atoms. The molecule has 0 saturated carbocycles. The van der Waals surface area contributed by atoms with Crippen molar-refractivity contribution < 1.29 is 19.0 Å². The second kappa shape index (κ2) is 15.7. The number of rotatable bonds is 15. The molecule has 0 heterocycles. The topological polar surface area (TPSA) is 56.8 Å². The largest absolute Gasteiger partial charge is 0.379 e. The minimum Gasteiger partial charge on any atom is -0.379 e. The highest BCUT2D eigenvalue weighted by molar-refractivity contribution is 5.78. The molecule has 0 spiro atoms. The van der Waals surface area contributed by atoms with E-state index in [9.17, 15) is 4.79 Å². The predicted octanol–water partition coefficient (Wildman–Crippen LogP) is 2.39. The Balaban J connectivity index is 3.11. The van der Waals surface area contributed by atoms with Gasteiger partial charge in [0.2, 0.25) is 5.91 Å². The molecule has 0 aliphatic carbocycles. The average molecular weight is 303 g/mol. The molecule has 1 amide bonds. The average Bonchev–Trinajstić information content (AvgIpc) is 2.50. The number of nitrogens with one attached hydrogen (secondary N) is 1. The summed E-state index contributed by atoms with van der Waals surface area (Å²) in [6.07, 6.45) is 4.43. The first-order valence-electron chi connectivity index (χ1n) is 8.23. The molecule has 0 fully saturated rings. The molecule has 5 heteroatoms. The van der Waals surface area contributed by atoms with Crippen LogP contribution < -0.4 is 5.32 Å². The van der Waals surface area contributed by atoms with E-state index in [1.807, 2.05) is 13.8 Å². The predicted molar refractivity (Wildman–Crippen MR) is 84.4 cm³/mol. The Hall–Kier alpha value is -0.650. The molecule has 126 valence electrons. The van der Waals surface area contributed by atoms with E-state index in [2.05, 4.69) is 12.2 Å². The maximum absolute atomic E-state index is 11.5. The quantitative estimate of drug-likeness (QED) is 0.472. The molecule has 5 nitrogen and oxygen atoms in total. The SMILES string of the molecule is CCCCCOCCOCCOCCNC(=O)C(C)CC. The summed E-state index contributed by atoms with van der Waals surface area (Å²) in [6.45, 7) is 10.4. The first-order valence-corrected chi connectivity index (χ1v) is 8.23. The van der Waals surface area contributed by atoms with E-state index in [0.29, 0.717) is 39.6 Å². The van der Waals surface area contributed by atoms with E-state index in [0.717, 1.165) is 19.4 Å². The van der Waals surface area contributed by atoms with Gasteiger partial charge in [-0.25, -0.2) is 0 Å². The van der Waals surface area contributed by atoms with Crippen molar-refractivity contribution in [1.82, 2.24) is 5.32 Å². The van der Waals surface area contributed by atoms with Gasteiger partial charge in [0.1, 0.15) is 0 Å². The van der Waals surface area contributed by atoms with Gasteiger partial charge in [-0.1, -0.05) is 33.6 Å². The zero-order valence-corrected chi connectivity index (χ0v) is 14.0. The molecule has 0 rings (SSSR count). The Labute approximate surface area is 129 Å². The first kappa shape index (κ1) is 20.3. The van der Waals surface area contributed by atoms with Gasteiger partial charge in [0.15, 0.2) is 0 Å². The zero-order valence-electron chi connectivity index (χ0n) is 14.0. The fourth-order valence-electron chi connectivity index (χ4n) is 1.60. The molecular formula is C16H33NO4. The summed E-state index contributed by atoms with van der Waals surface area (Å²) in [4.78, 5) is 11.5.